The van der Waals surface area contributed by atoms with E-state index in [9.17, 15) is 14.4 Å². The zero-order chi connectivity index (χ0) is 21.6. The molecule has 2 aromatic carbocycles. The average Bonchev–Trinajstić information content (AvgIpc) is 3.34. The van der Waals surface area contributed by atoms with Crippen molar-refractivity contribution in [3.63, 3.8) is 0 Å². The number of esters is 1. The summed E-state index contributed by atoms with van der Waals surface area (Å²) in [5.41, 5.74) is 0.585. The quantitative estimate of drug-likeness (QED) is 0.462. The predicted octanol–water partition coefficient (Wildman–Crippen LogP) is 2.76. The molecule has 8 nitrogen and oxygen atoms in total. The van der Waals surface area contributed by atoms with Gasteiger partial charge in [-0.25, -0.2) is 4.79 Å². The van der Waals surface area contributed by atoms with Gasteiger partial charge in [0.1, 0.15) is 19.0 Å². The number of fused-ring (bicyclic) bond motifs is 1. The molecule has 31 heavy (non-hydrogen) atoms. The van der Waals surface area contributed by atoms with E-state index in [1.165, 1.54) is 18.4 Å². The maximum Gasteiger partial charge on any atom is 0.339 e. The lowest BCUT2D eigenvalue weighted by Gasteiger charge is -2.18. The lowest BCUT2D eigenvalue weighted by molar-refractivity contribution is -0.124. The van der Waals surface area contributed by atoms with Gasteiger partial charge in [-0.3, -0.25) is 9.59 Å². The molecule has 1 N–H and O–H groups in total. The van der Waals surface area contributed by atoms with Crippen LogP contribution in [0.4, 0.5) is 0 Å². The summed E-state index contributed by atoms with van der Waals surface area (Å²) in [5.74, 6) is -0.00156. The third-order valence-corrected chi connectivity index (χ3v) is 4.57. The maximum atomic E-state index is 13.0. The van der Waals surface area contributed by atoms with Crippen molar-refractivity contribution >= 4 is 17.7 Å². The summed E-state index contributed by atoms with van der Waals surface area (Å²) in [7, 11) is 0. The van der Waals surface area contributed by atoms with Gasteiger partial charge in [0.05, 0.1) is 18.4 Å². The molecule has 8 heteroatoms. The number of furan rings is 1. The number of amides is 1. The molecule has 0 aliphatic carbocycles. The first-order chi connectivity index (χ1) is 15.1. The molecule has 0 saturated carbocycles. The molecule has 0 saturated heterocycles. The highest BCUT2D eigenvalue weighted by molar-refractivity contribution is 6.14. The summed E-state index contributed by atoms with van der Waals surface area (Å²) >= 11 is 0. The van der Waals surface area contributed by atoms with E-state index in [1.54, 1.807) is 42.5 Å². The van der Waals surface area contributed by atoms with Crippen LogP contribution in [0, 0.1) is 0 Å². The minimum Gasteiger partial charge on any atom is -0.486 e. The predicted molar refractivity (Wildman–Crippen MR) is 108 cm³/mol. The van der Waals surface area contributed by atoms with Crippen molar-refractivity contribution in [1.29, 1.82) is 0 Å². The fourth-order valence-corrected chi connectivity index (χ4v) is 3.06. The van der Waals surface area contributed by atoms with Crippen molar-refractivity contribution in [2.75, 3.05) is 19.8 Å². The van der Waals surface area contributed by atoms with E-state index in [0.29, 0.717) is 36.0 Å². The number of rotatable bonds is 7. The number of ketones is 1. The van der Waals surface area contributed by atoms with Crippen molar-refractivity contribution in [3.8, 4) is 11.5 Å². The fraction of sp³-hybridized carbons (Fsp3) is 0.174. The van der Waals surface area contributed by atoms with Gasteiger partial charge < -0.3 is 23.9 Å². The highest BCUT2D eigenvalue weighted by Crippen LogP contribution is 2.31. The molecule has 0 unspecified atom stereocenters. The third-order valence-electron chi connectivity index (χ3n) is 4.57. The molecule has 1 aromatic heterocycles. The summed E-state index contributed by atoms with van der Waals surface area (Å²) in [4.78, 5) is 37.5. The standard InChI is InChI=1S/C23H19NO7/c25-21(24-13-16-4-3-9-28-16)14-31-23(27)18-6-2-1-5-17(18)22(26)15-7-8-19-20(12-15)30-11-10-29-19/h1-9,12H,10-11,13-14H2,(H,24,25). The van der Waals surface area contributed by atoms with Gasteiger partial charge in [0.15, 0.2) is 23.9 Å². The smallest absolute Gasteiger partial charge is 0.339 e. The number of ether oxygens (including phenoxy) is 3. The third kappa shape index (κ3) is 4.75. The first-order valence-electron chi connectivity index (χ1n) is 9.61. The monoisotopic (exact) mass is 421 g/mol. The summed E-state index contributed by atoms with van der Waals surface area (Å²) in [6, 6.07) is 14.6. The van der Waals surface area contributed by atoms with Gasteiger partial charge >= 0.3 is 5.97 Å². The summed E-state index contributed by atoms with van der Waals surface area (Å²) in [6.45, 7) is 0.550. The highest BCUT2D eigenvalue weighted by Gasteiger charge is 2.22. The van der Waals surface area contributed by atoms with Gasteiger partial charge in [-0.15, -0.1) is 0 Å². The van der Waals surface area contributed by atoms with Gasteiger partial charge in [-0.05, 0) is 36.4 Å². The van der Waals surface area contributed by atoms with Crippen molar-refractivity contribution in [2.45, 2.75) is 6.54 Å². The average molecular weight is 421 g/mol. The van der Waals surface area contributed by atoms with E-state index in [0.717, 1.165) is 0 Å². The Morgan fingerprint density at radius 1 is 0.903 bits per heavy atom. The second-order valence-corrected chi connectivity index (χ2v) is 6.67. The number of hydrogen-bond donors (Lipinski definition) is 1. The Kier molecular flexibility index (Phi) is 5.98. The summed E-state index contributed by atoms with van der Waals surface area (Å²) in [5, 5.41) is 2.58. The summed E-state index contributed by atoms with van der Waals surface area (Å²) in [6.07, 6.45) is 1.50. The molecule has 0 spiro atoms. The van der Waals surface area contributed by atoms with Gasteiger partial charge in [-0.1, -0.05) is 18.2 Å². The SMILES string of the molecule is O=C(COC(=O)c1ccccc1C(=O)c1ccc2c(c1)OCCO2)NCc1ccco1. The van der Waals surface area contributed by atoms with E-state index in [-0.39, 0.29) is 23.5 Å². The Labute approximate surface area is 177 Å². The number of nitrogens with one attached hydrogen (secondary N) is 1. The molecule has 0 atom stereocenters. The summed E-state index contributed by atoms with van der Waals surface area (Å²) < 4.78 is 21.2. The van der Waals surface area contributed by atoms with Crippen LogP contribution in [-0.4, -0.2) is 37.5 Å². The van der Waals surface area contributed by atoms with Crippen LogP contribution in [0.2, 0.25) is 0 Å². The van der Waals surface area contributed by atoms with E-state index in [1.807, 2.05) is 0 Å². The first-order valence-corrected chi connectivity index (χ1v) is 9.61. The Hall–Kier alpha value is -4.07. The number of hydrogen-bond acceptors (Lipinski definition) is 7. The Morgan fingerprint density at radius 3 is 2.45 bits per heavy atom. The molecule has 158 valence electrons. The molecule has 4 rings (SSSR count). The second-order valence-electron chi connectivity index (χ2n) is 6.67. The maximum absolute atomic E-state index is 13.0. The Bertz CT molecular complexity index is 1100. The van der Waals surface area contributed by atoms with Crippen LogP contribution in [0.5, 0.6) is 11.5 Å². The van der Waals surface area contributed by atoms with Crippen LogP contribution in [0.15, 0.2) is 65.3 Å². The Balaban J connectivity index is 1.43. The van der Waals surface area contributed by atoms with Crippen LogP contribution in [0.25, 0.3) is 0 Å². The molecule has 3 aromatic rings. The second kappa shape index (κ2) is 9.17. The lowest BCUT2D eigenvalue weighted by Crippen LogP contribution is -2.28. The molecular formula is C23H19NO7. The van der Waals surface area contributed by atoms with Gasteiger partial charge in [-0.2, -0.15) is 0 Å². The zero-order valence-electron chi connectivity index (χ0n) is 16.5. The minimum atomic E-state index is -0.769. The number of benzene rings is 2. The zero-order valence-corrected chi connectivity index (χ0v) is 16.5. The van der Waals surface area contributed by atoms with Gasteiger partial charge in [0.2, 0.25) is 0 Å². The first kappa shape index (κ1) is 20.2. The van der Waals surface area contributed by atoms with E-state index >= 15 is 0 Å². The van der Waals surface area contributed by atoms with Crippen molar-refractivity contribution in [2.24, 2.45) is 0 Å². The van der Waals surface area contributed by atoms with Gasteiger partial charge in [0, 0.05) is 11.1 Å². The topological polar surface area (TPSA) is 104 Å². The molecule has 2 heterocycles. The number of carbonyl (C=O) groups excluding carboxylic acids is 3. The fourth-order valence-electron chi connectivity index (χ4n) is 3.06. The molecule has 0 fully saturated rings. The molecule has 0 bridgehead atoms. The lowest BCUT2D eigenvalue weighted by atomic mass is 9.98. The van der Waals surface area contributed by atoms with Crippen LogP contribution in [0.1, 0.15) is 32.0 Å². The minimum absolute atomic E-state index is 0.0706. The van der Waals surface area contributed by atoms with Crippen LogP contribution in [0.3, 0.4) is 0 Å². The molecular weight excluding hydrogens is 402 g/mol. The van der Waals surface area contributed by atoms with E-state index < -0.39 is 18.5 Å². The number of carbonyl (C=O) groups is 3. The van der Waals surface area contributed by atoms with E-state index in [2.05, 4.69) is 5.32 Å². The molecule has 1 aliphatic heterocycles. The van der Waals surface area contributed by atoms with E-state index in [4.69, 9.17) is 18.6 Å². The van der Waals surface area contributed by atoms with Gasteiger partial charge in [0.25, 0.3) is 5.91 Å². The normalized spacial score (nSPS) is 12.1. The molecule has 1 amide bonds. The van der Waals surface area contributed by atoms with Crippen molar-refractivity contribution < 1.29 is 33.0 Å². The van der Waals surface area contributed by atoms with Crippen LogP contribution >= 0.6 is 0 Å². The highest BCUT2D eigenvalue weighted by atomic mass is 16.6. The molecule has 0 radical (unpaired) electrons. The molecule has 1 aliphatic rings. The van der Waals surface area contributed by atoms with Crippen LogP contribution in [-0.2, 0) is 16.1 Å². The Morgan fingerprint density at radius 2 is 1.68 bits per heavy atom. The largest absolute Gasteiger partial charge is 0.486 e. The van der Waals surface area contributed by atoms with Crippen molar-refractivity contribution in [1.82, 2.24) is 5.32 Å². The van der Waals surface area contributed by atoms with Crippen molar-refractivity contribution in [3.05, 3.63) is 83.3 Å². The van der Waals surface area contributed by atoms with Crippen LogP contribution < -0.4 is 14.8 Å².